The van der Waals surface area contributed by atoms with Crippen LogP contribution >= 0.6 is 7.60 Å². The number of ether oxygens (including phenoxy) is 1. The van der Waals surface area contributed by atoms with Crippen LogP contribution in [0.2, 0.25) is 0 Å². The van der Waals surface area contributed by atoms with Crippen LogP contribution in [0.3, 0.4) is 0 Å². The van der Waals surface area contributed by atoms with E-state index in [9.17, 15) is 14.2 Å². The molecular weight excluding hydrogens is 369 g/mol. The van der Waals surface area contributed by atoms with Gasteiger partial charge in [0.05, 0.1) is 36.9 Å². The molecule has 0 aliphatic carbocycles. The highest BCUT2D eigenvalue weighted by Crippen LogP contribution is 2.49. The summed E-state index contributed by atoms with van der Waals surface area (Å²) in [6.07, 6.45) is 0. The number of carbonyl (C=O) groups excluding carboxylic acids is 2. The molecule has 7 nitrogen and oxygen atoms in total. The number of methoxy groups -OCH3 is 1. The average molecular weight is 391 g/mol. The summed E-state index contributed by atoms with van der Waals surface area (Å²) in [6.45, 7) is 3.62. The average Bonchev–Trinajstić information content (AvgIpc) is 2.68. The van der Waals surface area contributed by atoms with Crippen LogP contribution in [-0.4, -0.2) is 32.2 Å². The predicted molar refractivity (Wildman–Crippen MR) is 103 cm³/mol. The standard InChI is InChI=1S/C19H22NO6P/c1-4-25-27(23,26-5-2)17-13-15(19(22)24-3)11-12-16(17)20-18(21)14-9-7-6-8-10-14/h6-13H,4-5H2,1-3H3,(H,20,21). The zero-order valence-electron chi connectivity index (χ0n) is 15.4. The Kier molecular flexibility index (Phi) is 7.30. The van der Waals surface area contributed by atoms with Gasteiger partial charge >= 0.3 is 13.6 Å². The van der Waals surface area contributed by atoms with Gasteiger partial charge in [-0.15, -0.1) is 0 Å². The molecule has 0 bridgehead atoms. The van der Waals surface area contributed by atoms with Crippen LogP contribution in [0.4, 0.5) is 5.69 Å². The van der Waals surface area contributed by atoms with Gasteiger partial charge in [0, 0.05) is 5.56 Å². The molecule has 0 unspecified atom stereocenters. The van der Waals surface area contributed by atoms with Crippen molar-refractivity contribution in [2.24, 2.45) is 0 Å². The van der Waals surface area contributed by atoms with E-state index < -0.39 is 13.6 Å². The second kappa shape index (κ2) is 9.46. The predicted octanol–water partition coefficient (Wildman–Crippen LogP) is 3.62. The monoisotopic (exact) mass is 391 g/mol. The Morgan fingerprint density at radius 3 is 2.15 bits per heavy atom. The van der Waals surface area contributed by atoms with Crippen molar-refractivity contribution in [1.29, 1.82) is 0 Å². The summed E-state index contributed by atoms with van der Waals surface area (Å²) in [5.74, 6) is -0.987. The molecule has 2 aromatic rings. The van der Waals surface area contributed by atoms with Gasteiger partial charge in [-0.25, -0.2) is 4.79 Å². The van der Waals surface area contributed by atoms with Crippen LogP contribution < -0.4 is 10.6 Å². The summed E-state index contributed by atoms with van der Waals surface area (Å²) < 4.78 is 28.7. The molecule has 0 saturated carbocycles. The second-order valence-corrected chi connectivity index (χ2v) is 7.37. The van der Waals surface area contributed by atoms with Crippen molar-refractivity contribution in [3.05, 3.63) is 59.7 Å². The van der Waals surface area contributed by atoms with E-state index in [1.54, 1.807) is 44.2 Å². The van der Waals surface area contributed by atoms with Crippen LogP contribution in [0.5, 0.6) is 0 Å². The molecule has 0 aliphatic rings. The molecule has 1 amide bonds. The summed E-state index contributed by atoms with van der Waals surface area (Å²) in [6, 6.07) is 12.9. The minimum atomic E-state index is -3.76. The maximum atomic E-state index is 13.3. The summed E-state index contributed by atoms with van der Waals surface area (Å²) in [5.41, 5.74) is 0.842. The van der Waals surface area contributed by atoms with Crippen molar-refractivity contribution in [3.63, 3.8) is 0 Å². The van der Waals surface area contributed by atoms with Crippen molar-refractivity contribution < 1.29 is 27.9 Å². The molecule has 0 fully saturated rings. The molecular formula is C19H22NO6P. The van der Waals surface area contributed by atoms with E-state index in [0.717, 1.165) is 0 Å². The Labute approximate surface area is 158 Å². The number of rotatable bonds is 8. The number of nitrogens with one attached hydrogen (secondary N) is 1. The first-order chi connectivity index (χ1) is 12.9. The Hall–Kier alpha value is -2.47. The molecule has 144 valence electrons. The highest BCUT2D eigenvalue weighted by Gasteiger charge is 2.31. The van der Waals surface area contributed by atoms with E-state index in [0.29, 0.717) is 5.56 Å². The van der Waals surface area contributed by atoms with E-state index in [4.69, 9.17) is 13.8 Å². The van der Waals surface area contributed by atoms with E-state index in [1.807, 2.05) is 0 Å². The van der Waals surface area contributed by atoms with Gasteiger partial charge in [-0.3, -0.25) is 9.36 Å². The number of amides is 1. The number of anilines is 1. The number of esters is 1. The van der Waals surface area contributed by atoms with Gasteiger partial charge in [0.15, 0.2) is 0 Å². The SMILES string of the molecule is CCOP(=O)(OCC)c1cc(C(=O)OC)ccc1NC(=O)c1ccccc1. The van der Waals surface area contributed by atoms with E-state index >= 15 is 0 Å². The quantitative estimate of drug-likeness (QED) is 0.546. The van der Waals surface area contributed by atoms with Crippen molar-refractivity contribution >= 4 is 30.5 Å². The van der Waals surface area contributed by atoms with Crippen LogP contribution in [-0.2, 0) is 18.3 Å². The fourth-order valence-electron chi connectivity index (χ4n) is 2.41. The Balaban J connectivity index is 2.51. The van der Waals surface area contributed by atoms with Crippen LogP contribution in [0.1, 0.15) is 34.6 Å². The maximum Gasteiger partial charge on any atom is 0.363 e. The summed E-state index contributed by atoms with van der Waals surface area (Å²) in [5, 5.41) is 2.81. The van der Waals surface area contributed by atoms with Crippen molar-refractivity contribution in [2.45, 2.75) is 13.8 Å². The van der Waals surface area contributed by atoms with Gasteiger partial charge < -0.3 is 19.1 Å². The molecule has 27 heavy (non-hydrogen) atoms. The molecule has 0 heterocycles. The molecule has 0 radical (unpaired) electrons. The van der Waals surface area contributed by atoms with Gasteiger partial charge in [0.1, 0.15) is 0 Å². The summed E-state index contributed by atoms with van der Waals surface area (Å²) in [7, 11) is -2.51. The number of carbonyl (C=O) groups is 2. The highest BCUT2D eigenvalue weighted by atomic mass is 31.2. The number of hydrogen-bond donors (Lipinski definition) is 1. The smallest absolute Gasteiger partial charge is 0.363 e. The van der Waals surface area contributed by atoms with Gasteiger partial charge in [-0.1, -0.05) is 18.2 Å². The lowest BCUT2D eigenvalue weighted by Crippen LogP contribution is -2.22. The van der Waals surface area contributed by atoms with Gasteiger partial charge in [-0.2, -0.15) is 0 Å². The first-order valence-electron chi connectivity index (χ1n) is 8.43. The van der Waals surface area contributed by atoms with Crippen LogP contribution in [0, 0.1) is 0 Å². The summed E-state index contributed by atoms with van der Waals surface area (Å²) >= 11 is 0. The van der Waals surface area contributed by atoms with Gasteiger partial charge in [0.25, 0.3) is 5.91 Å². The lowest BCUT2D eigenvalue weighted by molar-refractivity contribution is 0.0601. The zero-order chi connectivity index (χ0) is 19.9. The van der Waals surface area contributed by atoms with E-state index in [-0.39, 0.29) is 35.7 Å². The lowest BCUT2D eigenvalue weighted by atomic mass is 10.2. The fraction of sp³-hybridized carbons (Fsp3) is 0.263. The normalized spacial score (nSPS) is 11.1. The topological polar surface area (TPSA) is 90.9 Å². The van der Waals surface area contributed by atoms with Crippen LogP contribution in [0.25, 0.3) is 0 Å². The molecule has 2 rings (SSSR count). The zero-order valence-corrected chi connectivity index (χ0v) is 16.3. The molecule has 0 spiro atoms. The first kappa shape index (κ1) is 20.8. The molecule has 0 aromatic heterocycles. The van der Waals surface area contributed by atoms with Crippen molar-refractivity contribution in [1.82, 2.24) is 0 Å². The lowest BCUT2D eigenvalue weighted by Gasteiger charge is -2.21. The van der Waals surface area contributed by atoms with Gasteiger partial charge in [0.2, 0.25) is 0 Å². The van der Waals surface area contributed by atoms with Crippen molar-refractivity contribution in [3.8, 4) is 0 Å². The van der Waals surface area contributed by atoms with Crippen LogP contribution in [0.15, 0.2) is 48.5 Å². The largest absolute Gasteiger partial charge is 0.465 e. The Morgan fingerprint density at radius 2 is 1.59 bits per heavy atom. The minimum Gasteiger partial charge on any atom is -0.465 e. The molecule has 0 aliphatic heterocycles. The minimum absolute atomic E-state index is 0.0957. The third-order valence-corrected chi connectivity index (χ3v) is 5.75. The molecule has 0 saturated heterocycles. The third kappa shape index (κ3) is 5.04. The maximum absolute atomic E-state index is 13.3. The van der Waals surface area contributed by atoms with E-state index in [2.05, 4.69) is 5.32 Å². The van der Waals surface area contributed by atoms with Gasteiger partial charge in [-0.05, 0) is 44.2 Å². The number of hydrogen-bond acceptors (Lipinski definition) is 6. The highest BCUT2D eigenvalue weighted by molar-refractivity contribution is 7.62. The summed E-state index contributed by atoms with van der Waals surface area (Å²) in [4.78, 5) is 24.4. The second-order valence-electron chi connectivity index (χ2n) is 5.38. The van der Waals surface area contributed by atoms with E-state index in [1.165, 1.54) is 25.3 Å². The van der Waals surface area contributed by atoms with Crippen molar-refractivity contribution in [2.75, 3.05) is 25.6 Å². The molecule has 1 N–H and O–H groups in total. The molecule has 8 heteroatoms. The Bertz CT molecular complexity index is 843. The number of benzene rings is 2. The Morgan fingerprint density at radius 1 is 0.963 bits per heavy atom. The molecule has 2 aromatic carbocycles. The first-order valence-corrected chi connectivity index (χ1v) is 9.97. The fourth-order valence-corrected chi connectivity index (χ4v) is 4.16. The third-order valence-electron chi connectivity index (χ3n) is 3.60. The molecule has 0 atom stereocenters.